The number of aromatic nitrogens is 3. The molecule has 0 unspecified atom stereocenters. The quantitative estimate of drug-likeness (QED) is 0.789. The average Bonchev–Trinajstić information content (AvgIpc) is 2.31. The van der Waals surface area contributed by atoms with Gasteiger partial charge in [0.15, 0.2) is 5.69 Å². The Morgan fingerprint density at radius 2 is 2.13 bits per heavy atom. The van der Waals surface area contributed by atoms with Crippen LogP contribution in [0.2, 0.25) is 0 Å². The zero-order chi connectivity index (χ0) is 10.5. The van der Waals surface area contributed by atoms with E-state index in [2.05, 4.69) is 20.3 Å². The third kappa shape index (κ3) is 2.25. The van der Waals surface area contributed by atoms with Crippen molar-refractivity contribution in [1.29, 1.82) is 5.26 Å². The van der Waals surface area contributed by atoms with Crippen molar-refractivity contribution in [3.05, 3.63) is 42.6 Å². The van der Waals surface area contributed by atoms with Crippen molar-refractivity contribution in [2.24, 2.45) is 0 Å². The van der Waals surface area contributed by atoms with E-state index in [-0.39, 0.29) is 0 Å². The molecule has 2 heterocycles. The first-order chi connectivity index (χ1) is 7.38. The van der Waals surface area contributed by atoms with Crippen LogP contribution in [-0.4, -0.2) is 15.0 Å². The fourth-order valence-corrected chi connectivity index (χ4v) is 1.03. The number of nitriles is 1. The van der Waals surface area contributed by atoms with E-state index in [1.165, 1.54) is 12.4 Å². The van der Waals surface area contributed by atoms with E-state index in [0.717, 1.165) is 5.69 Å². The number of pyridine rings is 1. The molecule has 0 aromatic carbocycles. The molecule has 0 aliphatic rings. The van der Waals surface area contributed by atoms with Gasteiger partial charge in [0.25, 0.3) is 0 Å². The molecular formula is C10H7N5. The van der Waals surface area contributed by atoms with Gasteiger partial charge in [-0.25, -0.2) is 9.97 Å². The summed E-state index contributed by atoms with van der Waals surface area (Å²) in [5.41, 5.74) is 1.13. The molecule has 2 aromatic rings. The molecule has 15 heavy (non-hydrogen) atoms. The van der Waals surface area contributed by atoms with Crippen LogP contribution in [0.5, 0.6) is 0 Å². The molecular weight excluding hydrogens is 190 g/mol. The monoisotopic (exact) mass is 197 g/mol. The topological polar surface area (TPSA) is 74.5 Å². The largest absolute Gasteiger partial charge is 0.338 e. The van der Waals surface area contributed by atoms with Gasteiger partial charge in [-0.15, -0.1) is 0 Å². The van der Waals surface area contributed by atoms with Crippen LogP contribution in [0, 0.1) is 11.3 Å². The average molecular weight is 197 g/mol. The molecule has 2 rings (SSSR count). The van der Waals surface area contributed by atoms with Crippen LogP contribution < -0.4 is 5.32 Å². The second-order valence-corrected chi connectivity index (χ2v) is 2.77. The first kappa shape index (κ1) is 9.09. The van der Waals surface area contributed by atoms with E-state index in [1.54, 1.807) is 12.4 Å². The molecule has 0 fully saturated rings. The number of hydrogen-bond acceptors (Lipinski definition) is 5. The molecule has 0 radical (unpaired) electrons. The molecule has 72 valence electrons. The molecule has 0 bridgehead atoms. The first-order valence-electron chi connectivity index (χ1n) is 4.27. The molecule has 0 spiro atoms. The smallest absolute Gasteiger partial charge is 0.158 e. The van der Waals surface area contributed by atoms with E-state index >= 15 is 0 Å². The van der Waals surface area contributed by atoms with Crippen LogP contribution in [0.3, 0.4) is 0 Å². The Labute approximate surface area is 86.5 Å². The molecule has 0 saturated carbocycles. The van der Waals surface area contributed by atoms with Crippen molar-refractivity contribution < 1.29 is 0 Å². The molecule has 1 N–H and O–H groups in total. The first-order valence-corrected chi connectivity index (χ1v) is 4.27. The summed E-state index contributed by atoms with van der Waals surface area (Å²) >= 11 is 0. The molecule has 2 aromatic heterocycles. The van der Waals surface area contributed by atoms with Gasteiger partial charge in [0, 0.05) is 6.20 Å². The van der Waals surface area contributed by atoms with Gasteiger partial charge >= 0.3 is 0 Å². The summed E-state index contributed by atoms with van der Waals surface area (Å²) < 4.78 is 0. The fourth-order valence-electron chi connectivity index (χ4n) is 1.03. The van der Waals surface area contributed by atoms with Gasteiger partial charge in [-0.3, -0.25) is 4.98 Å². The minimum absolute atomic E-state index is 0.298. The summed E-state index contributed by atoms with van der Waals surface area (Å²) in [6.45, 7) is 0. The highest BCUT2D eigenvalue weighted by atomic mass is 15.0. The zero-order valence-corrected chi connectivity index (χ0v) is 7.75. The predicted molar refractivity (Wildman–Crippen MR) is 54.3 cm³/mol. The third-order valence-corrected chi connectivity index (χ3v) is 1.70. The Kier molecular flexibility index (Phi) is 2.52. The van der Waals surface area contributed by atoms with Crippen molar-refractivity contribution in [3.63, 3.8) is 0 Å². The Morgan fingerprint density at radius 1 is 1.20 bits per heavy atom. The maximum Gasteiger partial charge on any atom is 0.158 e. The van der Waals surface area contributed by atoms with Crippen LogP contribution in [0.1, 0.15) is 5.69 Å². The number of hydrogen-bond donors (Lipinski definition) is 1. The maximum atomic E-state index is 8.54. The van der Waals surface area contributed by atoms with E-state index in [0.29, 0.717) is 11.5 Å². The minimum Gasteiger partial charge on any atom is -0.338 e. The lowest BCUT2D eigenvalue weighted by Gasteiger charge is -2.02. The van der Waals surface area contributed by atoms with Crippen molar-refractivity contribution >= 4 is 11.5 Å². The Bertz CT molecular complexity index is 471. The number of anilines is 2. The lowest BCUT2D eigenvalue weighted by molar-refractivity contribution is 1.16. The third-order valence-electron chi connectivity index (χ3n) is 1.70. The summed E-state index contributed by atoms with van der Waals surface area (Å²) in [7, 11) is 0. The summed E-state index contributed by atoms with van der Waals surface area (Å²) in [5.74, 6) is 0.585. The van der Waals surface area contributed by atoms with Gasteiger partial charge in [-0.05, 0) is 12.1 Å². The highest BCUT2D eigenvalue weighted by Crippen LogP contribution is 2.10. The van der Waals surface area contributed by atoms with Gasteiger partial charge < -0.3 is 5.32 Å². The van der Waals surface area contributed by atoms with Gasteiger partial charge in [-0.1, -0.05) is 0 Å². The second kappa shape index (κ2) is 4.15. The van der Waals surface area contributed by atoms with Crippen LogP contribution in [0.25, 0.3) is 0 Å². The summed E-state index contributed by atoms with van der Waals surface area (Å²) in [6, 6.07) is 5.59. The maximum absolute atomic E-state index is 8.54. The highest BCUT2D eigenvalue weighted by molar-refractivity contribution is 5.53. The van der Waals surface area contributed by atoms with E-state index in [9.17, 15) is 0 Å². The molecule has 5 nitrogen and oxygen atoms in total. The Hall–Kier alpha value is -2.48. The van der Waals surface area contributed by atoms with Gasteiger partial charge in [0.05, 0.1) is 24.3 Å². The predicted octanol–water partition coefficient (Wildman–Crippen LogP) is 1.49. The van der Waals surface area contributed by atoms with Crippen LogP contribution in [-0.2, 0) is 0 Å². The van der Waals surface area contributed by atoms with Gasteiger partial charge in [0.2, 0.25) is 0 Å². The minimum atomic E-state index is 0.298. The molecule has 0 atom stereocenters. The van der Waals surface area contributed by atoms with E-state index in [1.807, 2.05) is 18.2 Å². The lowest BCUT2D eigenvalue weighted by Crippen LogP contribution is -1.95. The van der Waals surface area contributed by atoms with Gasteiger partial charge in [0.1, 0.15) is 11.9 Å². The van der Waals surface area contributed by atoms with Crippen LogP contribution in [0.4, 0.5) is 11.5 Å². The van der Waals surface area contributed by atoms with Gasteiger partial charge in [-0.2, -0.15) is 5.26 Å². The number of nitrogens with one attached hydrogen (secondary N) is 1. The zero-order valence-electron chi connectivity index (χ0n) is 7.75. The normalized spacial score (nSPS) is 9.27. The van der Waals surface area contributed by atoms with E-state index in [4.69, 9.17) is 5.26 Å². The van der Waals surface area contributed by atoms with Crippen LogP contribution in [0.15, 0.2) is 36.9 Å². The molecule has 0 aliphatic heterocycles. The van der Waals surface area contributed by atoms with Crippen molar-refractivity contribution in [2.75, 3.05) is 5.32 Å². The molecule has 0 saturated heterocycles. The van der Waals surface area contributed by atoms with Crippen LogP contribution >= 0.6 is 0 Å². The molecule has 0 aliphatic carbocycles. The van der Waals surface area contributed by atoms with Crippen molar-refractivity contribution in [2.45, 2.75) is 0 Å². The summed E-state index contributed by atoms with van der Waals surface area (Å²) in [6.07, 6.45) is 6.29. The SMILES string of the molecule is N#Cc1cnc(Nc2cccnc2)cn1. The summed E-state index contributed by atoms with van der Waals surface area (Å²) in [4.78, 5) is 11.9. The Morgan fingerprint density at radius 3 is 2.73 bits per heavy atom. The second-order valence-electron chi connectivity index (χ2n) is 2.77. The molecule has 5 heteroatoms. The standard InChI is InChI=1S/C10H7N5/c11-4-9-6-14-10(7-13-9)15-8-2-1-3-12-5-8/h1-3,5-7H,(H,14,15). The van der Waals surface area contributed by atoms with E-state index < -0.39 is 0 Å². The van der Waals surface area contributed by atoms with Crippen molar-refractivity contribution in [3.8, 4) is 6.07 Å². The Balaban J connectivity index is 2.16. The number of rotatable bonds is 2. The highest BCUT2D eigenvalue weighted by Gasteiger charge is 1.96. The lowest BCUT2D eigenvalue weighted by atomic mass is 10.4. The molecule has 0 amide bonds. The fraction of sp³-hybridized carbons (Fsp3) is 0. The van der Waals surface area contributed by atoms with Crippen molar-refractivity contribution in [1.82, 2.24) is 15.0 Å². The summed E-state index contributed by atoms with van der Waals surface area (Å²) in [5, 5.41) is 11.5. The number of nitrogens with zero attached hydrogens (tertiary/aromatic N) is 4.